The first-order chi connectivity index (χ1) is 16.3. The Bertz CT molecular complexity index is 1320. The van der Waals surface area contributed by atoms with Crippen LogP contribution in [0.2, 0.25) is 0 Å². The van der Waals surface area contributed by atoms with E-state index in [4.69, 9.17) is 4.42 Å². The van der Waals surface area contributed by atoms with Crippen LogP contribution in [-0.2, 0) is 12.1 Å². The van der Waals surface area contributed by atoms with Crippen molar-refractivity contribution in [1.29, 1.82) is 0 Å². The van der Waals surface area contributed by atoms with Crippen LogP contribution in [0.4, 0.5) is 16.4 Å². The topological polar surface area (TPSA) is 115 Å². The highest BCUT2D eigenvalue weighted by molar-refractivity contribution is 7.59. The minimum Gasteiger partial charge on any atom is -0.459 e. The number of urea groups is 1. The van der Waals surface area contributed by atoms with Gasteiger partial charge in [-0.2, -0.15) is 18.6 Å². The molecule has 1 atom stereocenters. The molecule has 1 aliphatic rings. The standard InChI is InChI=1S/C24H28N8O2.H2S/c1-24(2)20-16(21(30-29-20)28-22-19-17(10-11-34-19)25-14-26-22)12-32(24)23(33)27-18(13-31(3)4)15-8-6-5-7-9-15;/h5-11,14,18H,12-13H2,1-4H3,(H,27,33)(H2,25,26,28,29,30);1H2/t18-;/m1./s1. The van der Waals surface area contributed by atoms with Crippen molar-refractivity contribution in [3.8, 4) is 0 Å². The number of fused-ring (bicyclic) bond motifs is 2. The third-order valence-corrected chi connectivity index (χ3v) is 6.24. The first-order valence-corrected chi connectivity index (χ1v) is 11.2. The molecule has 0 bridgehead atoms. The Labute approximate surface area is 210 Å². The maximum Gasteiger partial charge on any atom is 0.319 e. The molecule has 4 heterocycles. The van der Waals surface area contributed by atoms with Crippen LogP contribution in [0.3, 0.4) is 0 Å². The van der Waals surface area contributed by atoms with E-state index >= 15 is 0 Å². The molecule has 0 fully saturated rings. The van der Waals surface area contributed by atoms with Gasteiger partial charge in [-0.1, -0.05) is 30.3 Å². The largest absolute Gasteiger partial charge is 0.459 e. The number of rotatable bonds is 6. The number of anilines is 2. The molecule has 0 saturated carbocycles. The number of aromatic amines is 1. The van der Waals surface area contributed by atoms with Gasteiger partial charge < -0.3 is 24.9 Å². The van der Waals surface area contributed by atoms with Gasteiger partial charge in [-0.25, -0.2) is 14.8 Å². The number of nitrogens with one attached hydrogen (secondary N) is 3. The van der Waals surface area contributed by atoms with Gasteiger partial charge in [0.15, 0.2) is 17.2 Å². The van der Waals surface area contributed by atoms with E-state index in [0.29, 0.717) is 35.8 Å². The minimum atomic E-state index is -0.572. The molecule has 0 radical (unpaired) electrons. The number of likely N-dealkylation sites (N-methyl/N-ethyl adjacent to an activating group) is 1. The summed E-state index contributed by atoms with van der Waals surface area (Å²) in [4.78, 5) is 25.9. The van der Waals surface area contributed by atoms with Gasteiger partial charge in [-0.3, -0.25) is 5.10 Å². The Hall–Kier alpha value is -3.57. The lowest BCUT2D eigenvalue weighted by atomic mass is 10.0. The number of H-pyrrole nitrogens is 1. The second-order valence-electron chi connectivity index (χ2n) is 9.23. The summed E-state index contributed by atoms with van der Waals surface area (Å²) in [7, 11) is 4.00. The van der Waals surface area contributed by atoms with Gasteiger partial charge in [0.2, 0.25) is 0 Å². The molecule has 1 aliphatic heterocycles. The molecule has 3 aromatic heterocycles. The number of furan rings is 1. The van der Waals surface area contributed by atoms with Crippen molar-refractivity contribution in [3.05, 3.63) is 65.8 Å². The third kappa shape index (κ3) is 4.56. The van der Waals surface area contributed by atoms with Crippen molar-refractivity contribution >= 4 is 42.3 Å². The van der Waals surface area contributed by atoms with Gasteiger partial charge in [0, 0.05) is 18.2 Å². The summed E-state index contributed by atoms with van der Waals surface area (Å²) in [5.41, 5.74) is 3.56. The van der Waals surface area contributed by atoms with Gasteiger partial charge in [0.25, 0.3) is 0 Å². The highest BCUT2D eigenvalue weighted by Crippen LogP contribution is 2.41. The summed E-state index contributed by atoms with van der Waals surface area (Å²) in [5, 5.41) is 14.1. The summed E-state index contributed by atoms with van der Waals surface area (Å²) in [6.45, 7) is 5.12. The maximum absolute atomic E-state index is 13.5. The van der Waals surface area contributed by atoms with Crippen LogP contribution in [0.5, 0.6) is 0 Å². The smallest absolute Gasteiger partial charge is 0.319 e. The summed E-state index contributed by atoms with van der Waals surface area (Å²) in [6.07, 6.45) is 3.05. The predicted octanol–water partition coefficient (Wildman–Crippen LogP) is 3.87. The molecule has 0 aliphatic carbocycles. The van der Waals surface area contributed by atoms with Crippen LogP contribution in [0.15, 0.2) is 53.4 Å². The molecule has 35 heavy (non-hydrogen) atoms. The summed E-state index contributed by atoms with van der Waals surface area (Å²) in [5.74, 6) is 1.14. The third-order valence-electron chi connectivity index (χ3n) is 6.24. The highest BCUT2D eigenvalue weighted by Gasteiger charge is 2.44. The van der Waals surface area contributed by atoms with Gasteiger partial charge in [-0.05, 0) is 33.5 Å². The summed E-state index contributed by atoms with van der Waals surface area (Å²) < 4.78 is 5.53. The highest BCUT2D eigenvalue weighted by atomic mass is 32.1. The molecule has 3 N–H and O–H groups in total. The average Bonchev–Trinajstić information content (AvgIpc) is 3.50. The van der Waals surface area contributed by atoms with Crippen molar-refractivity contribution in [3.63, 3.8) is 0 Å². The van der Waals surface area contributed by atoms with E-state index in [1.807, 2.05) is 63.2 Å². The SMILES string of the molecule is CN(C)C[C@@H](NC(=O)N1Cc2c(Nc3ncnc4ccoc34)n[nH]c2C1(C)C)c1ccccc1.S. The molecular weight excluding hydrogens is 464 g/mol. The van der Waals surface area contributed by atoms with Crippen molar-refractivity contribution in [2.75, 3.05) is 26.0 Å². The molecule has 0 unspecified atom stereocenters. The van der Waals surface area contributed by atoms with Crippen LogP contribution in [0, 0.1) is 0 Å². The number of hydrogen-bond acceptors (Lipinski definition) is 7. The van der Waals surface area contributed by atoms with E-state index in [0.717, 1.165) is 16.8 Å². The van der Waals surface area contributed by atoms with E-state index < -0.39 is 5.54 Å². The number of benzene rings is 1. The molecule has 5 rings (SSSR count). The lowest BCUT2D eigenvalue weighted by Crippen LogP contribution is -2.48. The van der Waals surface area contributed by atoms with Crippen molar-refractivity contribution in [2.45, 2.75) is 32.0 Å². The van der Waals surface area contributed by atoms with Gasteiger partial charge in [-0.15, -0.1) is 0 Å². The van der Waals surface area contributed by atoms with Crippen LogP contribution in [-0.4, -0.2) is 56.6 Å². The molecule has 0 saturated heterocycles. The Morgan fingerprint density at radius 3 is 2.71 bits per heavy atom. The summed E-state index contributed by atoms with van der Waals surface area (Å²) >= 11 is 0. The minimum absolute atomic E-state index is 0. The molecular formula is C24H30N8O2S. The Morgan fingerprint density at radius 1 is 1.20 bits per heavy atom. The Morgan fingerprint density at radius 2 is 1.97 bits per heavy atom. The van der Waals surface area contributed by atoms with Gasteiger partial charge >= 0.3 is 6.03 Å². The quantitative estimate of drug-likeness (QED) is 0.373. The van der Waals surface area contributed by atoms with Crippen LogP contribution < -0.4 is 10.6 Å². The monoisotopic (exact) mass is 494 g/mol. The number of amides is 2. The average molecular weight is 495 g/mol. The fourth-order valence-corrected chi connectivity index (χ4v) is 4.45. The molecule has 0 spiro atoms. The van der Waals surface area contributed by atoms with E-state index in [1.54, 1.807) is 12.3 Å². The fourth-order valence-electron chi connectivity index (χ4n) is 4.45. The van der Waals surface area contributed by atoms with Gasteiger partial charge in [0.1, 0.15) is 11.8 Å². The number of carbonyl (C=O) groups is 1. The Kier molecular flexibility index (Phi) is 6.73. The Balaban J connectivity index is 0.00000289. The fraction of sp³-hybridized carbons (Fsp3) is 0.333. The van der Waals surface area contributed by atoms with Crippen molar-refractivity contribution < 1.29 is 9.21 Å². The van der Waals surface area contributed by atoms with Crippen molar-refractivity contribution in [2.24, 2.45) is 0 Å². The lowest BCUT2D eigenvalue weighted by Gasteiger charge is -2.34. The van der Waals surface area contributed by atoms with E-state index in [2.05, 4.69) is 35.7 Å². The molecule has 11 heteroatoms. The zero-order valence-corrected chi connectivity index (χ0v) is 21.2. The van der Waals surface area contributed by atoms with E-state index in [9.17, 15) is 4.79 Å². The second kappa shape index (κ2) is 9.59. The van der Waals surface area contributed by atoms with Crippen LogP contribution in [0.1, 0.15) is 36.7 Å². The van der Waals surface area contributed by atoms with Gasteiger partial charge in [0.05, 0.1) is 30.1 Å². The zero-order valence-electron chi connectivity index (χ0n) is 20.2. The summed E-state index contributed by atoms with van der Waals surface area (Å²) in [6, 6.07) is 11.5. The molecule has 184 valence electrons. The number of aromatic nitrogens is 4. The first kappa shape index (κ1) is 24.6. The molecule has 1 aromatic carbocycles. The molecule has 4 aromatic rings. The second-order valence-corrected chi connectivity index (χ2v) is 9.23. The molecule has 10 nitrogen and oxygen atoms in total. The maximum atomic E-state index is 13.5. The normalized spacial score (nSPS) is 15.1. The van der Waals surface area contributed by atoms with Crippen LogP contribution >= 0.6 is 13.5 Å². The lowest BCUT2D eigenvalue weighted by molar-refractivity contribution is 0.138. The predicted molar refractivity (Wildman–Crippen MR) is 139 cm³/mol. The first-order valence-electron chi connectivity index (χ1n) is 11.2. The zero-order chi connectivity index (χ0) is 23.9. The number of hydrogen-bond donors (Lipinski definition) is 3. The van der Waals surface area contributed by atoms with Crippen molar-refractivity contribution in [1.82, 2.24) is 35.3 Å². The molecule has 2 amide bonds. The van der Waals surface area contributed by atoms with E-state index in [-0.39, 0.29) is 25.6 Å². The number of nitrogens with zero attached hydrogens (tertiary/aromatic N) is 5. The van der Waals surface area contributed by atoms with E-state index in [1.165, 1.54) is 6.33 Å². The number of carbonyl (C=O) groups excluding carboxylic acids is 1. The van der Waals surface area contributed by atoms with Crippen LogP contribution in [0.25, 0.3) is 11.1 Å².